The van der Waals surface area contributed by atoms with E-state index in [4.69, 9.17) is 0 Å². The topological polar surface area (TPSA) is 54.1 Å². The first-order chi connectivity index (χ1) is 23.1. The molecule has 2 aliphatic rings. The lowest BCUT2D eigenvalue weighted by atomic mass is 10.1. The number of aliphatic hydroxyl groups is 2. The van der Waals surface area contributed by atoms with E-state index in [1.165, 1.54) is 22.3 Å². The SMILES string of the molecule is CN(CC[N+](C)(C)C)c1cc(C=C2Sc3cc(S(C=CO)(C=CO)N4CCCCC4)ccc3N2C)c2ccccc2[n+]1-c1ccccc1. The minimum Gasteiger partial charge on any atom is -0.515 e. The van der Waals surface area contributed by atoms with Crippen molar-refractivity contribution in [2.45, 2.75) is 29.1 Å². The molecule has 0 aliphatic carbocycles. The number of likely N-dealkylation sites (N-methyl/N-ethyl adjacent to an activating group) is 2. The zero-order valence-electron chi connectivity index (χ0n) is 28.8. The molecular weight excluding hydrogens is 635 g/mol. The van der Waals surface area contributed by atoms with Crippen molar-refractivity contribution in [1.29, 1.82) is 0 Å². The van der Waals surface area contributed by atoms with Crippen LogP contribution in [-0.4, -0.2) is 80.4 Å². The van der Waals surface area contributed by atoms with E-state index < -0.39 is 10.2 Å². The van der Waals surface area contributed by atoms with Crippen LogP contribution in [0, 0.1) is 0 Å². The largest absolute Gasteiger partial charge is 0.515 e. The number of anilines is 2. The van der Waals surface area contributed by atoms with Crippen LogP contribution in [-0.2, 0) is 0 Å². The van der Waals surface area contributed by atoms with Crippen molar-refractivity contribution in [3.63, 3.8) is 0 Å². The summed E-state index contributed by atoms with van der Waals surface area (Å²) in [4.78, 5) is 6.94. The van der Waals surface area contributed by atoms with Gasteiger partial charge in [-0.2, -0.15) is 4.57 Å². The molecule has 0 unspecified atom stereocenters. The Kier molecular flexibility index (Phi) is 10.1. The Balaban J connectivity index is 1.44. The first kappa shape index (κ1) is 34.0. The first-order valence-electron chi connectivity index (χ1n) is 16.7. The number of fused-ring (bicyclic) bond motifs is 2. The third-order valence-corrected chi connectivity index (χ3v) is 13.7. The number of thioether (sulfide) groups is 1. The van der Waals surface area contributed by atoms with Crippen LogP contribution < -0.4 is 14.4 Å². The second kappa shape index (κ2) is 14.3. The molecule has 0 saturated carbocycles. The lowest BCUT2D eigenvalue weighted by Crippen LogP contribution is -2.45. The number of benzene rings is 3. The quantitative estimate of drug-likeness (QED) is 0.0995. The fourth-order valence-electron chi connectivity index (χ4n) is 6.62. The molecule has 0 amide bonds. The first-order valence-corrected chi connectivity index (χ1v) is 19.2. The molecule has 1 fully saturated rings. The van der Waals surface area contributed by atoms with Crippen LogP contribution in [0.4, 0.5) is 11.5 Å². The highest BCUT2D eigenvalue weighted by molar-refractivity contribution is 8.36. The smallest absolute Gasteiger partial charge is 0.282 e. The lowest BCUT2D eigenvalue weighted by Gasteiger charge is -2.46. The van der Waals surface area contributed by atoms with Gasteiger partial charge in [-0.05, 0) is 60.9 Å². The standard InChI is InChI=1S/C39H47N5O2S2/c1-40(22-23-44(3,4)5)38-28-31(34-16-10-11-17-35(34)43(38)32-14-8-6-9-15-32)29-39-41(2)36-19-18-33(30-37(36)47-39)48(26-24-45,27-25-46)42-20-12-7-13-21-42/h6,8-11,14-19,24-30H,7,12-13,20-23H2,1-5H3/p+2. The lowest BCUT2D eigenvalue weighted by molar-refractivity contribution is -0.868. The van der Waals surface area contributed by atoms with Gasteiger partial charge in [-0.1, -0.05) is 54.6 Å². The normalized spacial score (nSPS) is 18.5. The van der Waals surface area contributed by atoms with Gasteiger partial charge in [0.15, 0.2) is 0 Å². The number of hydrogen-bond donors (Lipinski definition) is 2. The minimum absolute atomic E-state index is 0.894. The second-order valence-electron chi connectivity index (χ2n) is 13.6. The Morgan fingerprint density at radius 1 is 0.896 bits per heavy atom. The Morgan fingerprint density at radius 3 is 2.27 bits per heavy atom. The third-order valence-electron chi connectivity index (χ3n) is 9.25. The molecule has 4 aromatic rings. The van der Waals surface area contributed by atoms with Crippen LogP contribution >= 0.6 is 22.0 Å². The van der Waals surface area contributed by atoms with E-state index in [0.29, 0.717) is 0 Å². The maximum Gasteiger partial charge on any atom is 0.282 e. The van der Waals surface area contributed by atoms with Crippen LogP contribution in [0.2, 0.25) is 0 Å². The Morgan fingerprint density at radius 2 is 1.58 bits per heavy atom. The molecule has 0 radical (unpaired) electrons. The van der Waals surface area contributed by atoms with Gasteiger partial charge in [-0.15, -0.1) is 10.2 Å². The Bertz CT molecular complexity index is 1830. The third kappa shape index (κ3) is 6.83. The minimum atomic E-state index is -1.87. The van der Waals surface area contributed by atoms with Crippen LogP contribution in [0.5, 0.6) is 0 Å². The molecule has 1 saturated heterocycles. The molecule has 3 heterocycles. The Hall–Kier alpha value is -3.89. The van der Waals surface area contributed by atoms with Crippen molar-refractivity contribution < 1.29 is 19.3 Å². The summed E-state index contributed by atoms with van der Waals surface area (Å²) in [6.07, 6.45) is 8.07. The summed E-state index contributed by atoms with van der Waals surface area (Å²) >= 11 is 1.77. The molecule has 2 aliphatic heterocycles. The van der Waals surface area contributed by atoms with Gasteiger partial charge in [-0.25, -0.2) is 0 Å². The van der Waals surface area contributed by atoms with E-state index in [1.54, 1.807) is 11.8 Å². The predicted molar refractivity (Wildman–Crippen MR) is 205 cm³/mol. The summed E-state index contributed by atoms with van der Waals surface area (Å²) in [6.45, 7) is 3.81. The van der Waals surface area contributed by atoms with Gasteiger partial charge in [-0.3, -0.25) is 9.21 Å². The monoisotopic (exact) mass is 683 g/mol. The Labute approximate surface area is 291 Å². The number of pyridine rings is 1. The van der Waals surface area contributed by atoms with Crippen molar-refractivity contribution in [3.8, 4) is 5.69 Å². The average Bonchev–Trinajstić information content (AvgIpc) is 3.41. The van der Waals surface area contributed by atoms with E-state index in [0.717, 1.165) is 88.7 Å². The highest BCUT2D eigenvalue weighted by Gasteiger charge is 2.33. The van der Waals surface area contributed by atoms with Crippen LogP contribution in [0.3, 0.4) is 0 Å². The van der Waals surface area contributed by atoms with Crippen LogP contribution in [0.25, 0.3) is 22.7 Å². The summed E-state index contributed by atoms with van der Waals surface area (Å²) in [5.41, 5.74) is 4.63. The van der Waals surface area contributed by atoms with Crippen molar-refractivity contribution in [3.05, 3.63) is 113 Å². The maximum absolute atomic E-state index is 10.0. The van der Waals surface area contributed by atoms with Gasteiger partial charge in [0.05, 0.1) is 51.4 Å². The molecule has 1 aromatic heterocycles. The zero-order chi connectivity index (χ0) is 33.9. The molecule has 2 N–H and O–H groups in total. The van der Waals surface area contributed by atoms with E-state index in [-0.39, 0.29) is 0 Å². The van der Waals surface area contributed by atoms with Gasteiger partial charge in [0.25, 0.3) is 5.82 Å². The highest BCUT2D eigenvalue weighted by Crippen LogP contribution is 2.63. The summed E-state index contributed by atoms with van der Waals surface area (Å²) in [6, 6.07) is 28.3. The van der Waals surface area contributed by atoms with Crippen LogP contribution in [0.15, 0.2) is 117 Å². The molecule has 0 spiro atoms. The van der Waals surface area contributed by atoms with Crippen molar-refractivity contribution >= 4 is 50.5 Å². The summed E-state index contributed by atoms with van der Waals surface area (Å²) in [7, 11) is 9.18. The van der Waals surface area contributed by atoms with Crippen molar-refractivity contribution in [1.82, 2.24) is 4.31 Å². The van der Waals surface area contributed by atoms with E-state index >= 15 is 0 Å². The molecule has 252 valence electrons. The van der Waals surface area contributed by atoms with Crippen LogP contribution in [0.1, 0.15) is 24.8 Å². The summed E-state index contributed by atoms with van der Waals surface area (Å²) < 4.78 is 5.71. The van der Waals surface area contributed by atoms with Gasteiger partial charge in [0.1, 0.15) is 24.3 Å². The van der Waals surface area contributed by atoms with Crippen molar-refractivity contribution in [2.24, 2.45) is 0 Å². The number of nitrogens with zero attached hydrogens (tertiary/aromatic N) is 5. The fraction of sp³-hybridized carbons (Fsp3) is 0.308. The molecule has 6 rings (SSSR count). The van der Waals surface area contributed by atoms with E-state index in [9.17, 15) is 10.2 Å². The number of rotatable bonds is 10. The molecule has 0 bridgehead atoms. The molecule has 0 atom stereocenters. The van der Waals surface area contributed by atoms with E-state index in [1.807, 2.05) is 10.8 Å². The summed E-state index contributed by atoms with van der Waals surface area (Å²) in [5.74, 6) is 1.15. The highest BCUT2D eigenvalue weighted by atomic mass is 32.3. The predicted octanol–water partition coefficient (Wildman–Crippen LogP) is 8.42. The molecule has 9 heteroatoms. The van der Waals surface area contributed by atoms with Gasteiger partial charge in [0, 0.05) is 52.2 Å². The summed E-state index contributed by atoms with van der Waals surface area (Å²) in [5, 5.41) is 26.2. The molecule has 3 aromatic carbocycles. The number of aliphatic hydroxyl groups excluding tert-OH is 2. The second-order valence-corrected chi connectivity index (χ2v) is 17.5. The molecule has 7 nitrogen and oxygen atoms in total. The number of piperidine rings is 1. The van der Waals surface area contributed by atoms with Gasteiger partial charge in [0.2, 0.25) is 0 Å². The molecular formula is C39H49N5O2S2+2. The zero-order valence-corrected chi connectivity index (χ0v) is 30.4. The van der Waals surface area contributed by atoms with Gasteiger partial charge >= 0.3 is 0 Å². The van der Waals surface area contributed by atoms with E-state index in [2.05, 4.69) is 139 Å². The fourth-order valence-corrected chi connectivity index (χ4v) is 10.7. The van der Waals surface area contributed by atoms with Gasteiger partial charge < -0.3 is 19.6 Å². The number of aromatic nitrogens is 1. The molecule has 48 heavy (non-hydrogen) atoms. The maximum atomic E-state index is 10.0. The number of quaternary nitrogens is 1. The number of para-hydroxylation sites is 2. The average molecular weight is 684 g/mol. The van der Waals surface area contributed by atoms with Crippen molar-refractivity contribution in [2.75, 3.05) is 71.2 Å². The number of hydrogen-bond acceptors (Lipinski definition) is 6.